The van der Waals surface area contributed by atoms with Crippen LogP contribution in [0.4, 0.5) is 0 Å². The monoisotopic (exact) mass is 222 g/mol. The molecule has 0 amide bonds. The van der Waals surface area contributed by atoms with Crippen LogP contribution in [0.1, 0.15) is 58.3 Å². The van der Waals surface area contributed by atoms with Crippen molar-refractivity contribution in [1.82, 2.24) is 0 Å². The van der Waals surface area contributed by atoms with E-state index in [1.807, 2.05) is 0 Å². The van der Waals surface area contributed by atoms with E-state index in [1.54, 1.807) is 5.57 Å². The fraction of sp³-hybridized carbons (Fsp3) is 0.786. The summed E-state index contributed by atoms with van der Waals surface area (Å²) in [5, 5.41) is 8.56. The summed E-state index contributed by atoms with van der Waals surface area (Å²) in [6.45, 7) is 2.43. The highest BCUT2D eigenvalue weighted by atomic mass is 16.4. The first-order valence-corrected chi connectivity index (χ1v) is 6.50. The average molecular weight is 222 g/mol. The molecule has 0 aromatic carbocycles. The van der Waals surface area contributed by atoms with E-state index in [9.17, 15) is 4.79 Å². The van der Waals surface area contributed by atoms with E-state index in [0.29, 0.717) is 11.8 Å². The third-order valence-corrected chi connectivity index (χ3v) is 4.45. The van der Waals surface area contributed by atoms with Crippen molar-refractivity contribution in [2.75, 3.05) is 0 Å². The van der Waals surface area contributed by atoms with Gasteiger partial charge in [0.2, 0.25) is 0 Å². The molecule has 0 spiro atoms. The Morgan fingerprint density at radius 3 is 3.12 bits per heavy atom. The first-order valence-electron chi connectivity index (χ1n) is 6.50. The molecule has 2 atom stereocenters. The molecule has 2 fully saturated rings. The van der Waals surface area contributed by atoms with Gasteiger partial charge in [0.15, 0.2) is 0 Å². The lowest BCUT2D eigenvalue weighted by molar-refractivity contribution is -0.137. The largest absolute Gasteiger partial charge is 0.481 e. The lowest BCUT2D eigenvalue weighted by Gasteiger charge is -2.22. The van der Waals surface area contributed by atoms with Gasteiger partial charge >= 0.3 is 5.97 Å². The number of rotatable bonds is 4. The summed E-state index contributed by atoms with van der Waals surface area (Å²) >= 11 is 0. The molecule has 0 radical (unpaired) electrons. The predicted molar refractivity (Wildman–Crippen MR) is 64.3 cm³/mol. The Labute approximate surface area is 97.7 Å². The summed E-state index contributed by atoms with van der Waals surface area (Å²) in [6.07, 6.45) is 11.1. The van der Waals surface area contributed by atoms with Crippen molar-refractivity contribution in [2.24, 2.45) is 11.3 Å². The van der Waals surface area contributed by atoms with Crippen LogP contribution in [0.25, 0.3) is 0 Å². The third-order valence-electron chi connectivity index (χ3n) is 4.45. The molecule has 16 heavy (non-hydrogen) atoms. The number of allylic oxidation sites excluding steroid dienone is 2. The predicted octanol–water partition coefficient (Wildman–Crippen LogP) is 3.77. The summed E-state index contributed by atoms with van der Waals surface area (Å²) in [7, 11) is 0. The molecule has 0 aromatic rings. The second-order valence-corrected chi connectivity index (χ2v) is 5.77. The summed E-state index contributed by atoms with van der Waals surface area (Å²) in [6, 6.07) is 0. The van der Waals surface area contributed by atoms with Crippen molar-refractivity contribution in [1.29, 1.82) is 0 Å². The highest BCUT2D eigenvalue weighted by Crippen LogP contribution is 2.55. The van der Waals surface area contributed by atoms with Crippen molar-refractivity contribution >= 4 is 5.97 Å². The Balaban J connectivity index is 1.80. The van der Waals surface area contributed by atoms with Gasteiger partial charge in [-0.3, -0.25) is 4.79 Å². The number of carboxylic acids is 1. The fourth-order valence-electron chi connectivity index (χ4n) is 3.51. The van der Waals surface area contributed by atoms with Gasteiger partial charge in [-0.15, -0.1) is 0 Å². The van der Waals surface area contributed by atoms with E-state index in [2.05, 4.69) is 13.0 Å². The van der Waals surface area contributed by atoms with Crippen LogP contribution in [0.2, 0.25) is 0 Å². The van der Waals surface area contributed by atoms with E-state index in [-0.39, 0.29) is 0 Å². The Morgan fingerprint density at radius 2 is 2.44 bits per heavy atom. The molecular weight excluding hydrogens is 200 g/mol. The molecule has 2 unspecified atom stereocenters. The smallest absolute Gasteiger partial charge is 0.303 e. The van der Waals surface area contributed by atoms with Crippen LogP contribution < -0.4 is 0 Å². The van der Waals surface area contributed by atoms with E-state index in [4.69, 9.17) is 5.11 Å². The van der Waals surface area contributed by atoms with Crippen LogP contribution in [0, 0.1) is 11.3 Å². The maximum absolute atomic E-state index is 10.4. The van der Waals surface area contributed by atoms with Gasteiger partial charge < -0.3 is 5.11 Å². The molecule has 2 aliphatic carbocycles. The van der Waals surface area contributed by atoms with Crippen LogP contribution in [-0.4, -0.2) is 11.1 Å². The standard InChI is InChI=1S/C14H22O2/c1-14-8-4-6-12(14)9-11(10-14)5-2-3-7-13(15)16/h5,12H,2-4,6-10H2,1H3,(H,15,16). The van der Waals surface area contributed by atoms with E-state index >= 15 is 0 Å². The molecule has 0 saturated heterocycles. The maximum atomic E-state index is 10.4. The van der Waals surface area contributed by atoms with Gasteiger partial charge in [-0.1, -0.05) is 25.0 Å². The van der Waals surface area contributed by atoms with Gasteiger partial charge in [0, 0.05) is 6.42 Å². The van der Waals surface area contributed by atoms with Crippen LogP contribution in [0.5, 0.6) is 0 Å². The molecular formula is C14H22O2. The second-order valence-electron chi connectivity index (χ2n) is 5.77. The van der Waals surface area contributed by atoms with Gasteiger partial charge in [0.1, 0.15) is 0 Å². The second kappa shape index (κ2) is 4.60. The quantitative estimate of drug-likeness (QED) is 0.580. The molecule has 90 valence electrons. The topological polar surface area (TPSA) is 37.3 Å². The van der Waals surface area contributed by atoms with Gasteiger partial charge in [0.25, 0.3) is 0 Å². The number of unbranched alkanes of at least 4 members (excludes halogenated alkanes) is 1. The molecule has 0 aromatic heterocycles. The van der Waals surface area contributed by atoms with Crippen molar-refractivity contribution in [2.45, 2.75) is 58.3 Å². The number of carbonyl (C=O) groups is 1. The van der Waals surface area contributed by atoms with Crippen molar-refractivity contribution in [3.63, 3.8) is 0 Å². The Kier molecular flexibility index (Phi) is 3.36. The van der Waals surface area contributed by atoms with Crippen molar-refractivity contribution in [3.8, 4) is 0 Å². The highest BCUT2D eigenvalue weighted by molar-refractivity contribution is 5.66. The molecule has 0 bridgehead atoms. The number of fused-ring (bicyclic) bond motifs is 1. The van der Waals surface area contributed by atoms with Crippen LogP contribution in [0.15, 0.2) is 11.6 Å². The third kappa shape index (κ3) is 2.47. The summed E-state index contributed by atoms with van der Waals surface area (Å²) in [4.78, 5) is 10.4. The molecule has 2 nitrogen and oxygen atoms in total. The number of carboxylic acid groups (broad SMARTS) is 1. The first-order chi connectivity index (χ1) is 7.60. The maximum Gasteiger partial charge on any atom is 0.303 e. The van der Waals surface area contributed by atoms with Gasteiger partial charge in [-0.2, -0.15) is 0 Å². The molecule has 2 saturated carbocycles. The lowest BCUT2D eigenvalue weighted by atomic mass is 9.83. The zero-order valence-electron chi connectivity index (χ0n) is 10.2. The summed E-state index contributed by atoms with van der Waals surface area (Å²) < 4.78 is 0. The van der Waals surface area contributed by atoms with Crippen LogP contribution in [-0.2, 0) is 4.79 Å². The Morgan fingerprint density at radius 1 is 1.62 bits per heavy atom. The van der Waals surface area contributed by atoms with E-state index in [0.717, 1.165) is 18.8 Å². The van der Waals surface area contributed by atoms with Crippen LogP contribution in [0.3, 0.4) is 0 Å². The molecule has 2 aliphatic rings. The normalized spacial score (nSPS) is 35.6. The molecule has 2 rings (SSSR count). The fourth-order valence-corrected chi connectivity index (χ4v) is 3.51. The SMILES string of the molecule is CC12CCCC1CC(=CCCCC(=O)O)C2. The van der Waals surface area contributed by atoms with Gasteiger partial charge in [-0.05, 0) is 49.9 Å². The number of hydrogen-bond donors (Lipinski definition) is 1. The Bertz CT molecular complexity index is 306. The number of aliphatic carboxylic acids is 1. The molecule has 0 heterocycles. The summed E-state index contributed by atoms with van der Waals surface area (Å²) in [5.74, 6) is 0.242. The zero-order valence-corrected chi connectivity index (χ0v) is 10.2. The van der Waals surface area contributed by atoms with Crippen molar-refractivity contribution < 1.29 is 9.90 Å². The highest BCUT2D eigenvalue weighted by Gasteiger charge is 2.43. The molecule has 0 aliphatic heterocycles. The van der Waals surface area contributed by atoms with E-state index < -0.39 is 5.97 Å². The Hall–Kier alpha value is -0.790. The molecule has 1 N–H and O–H groups in total. The minimum Gasteiger partial charge on any atom is -0.481 e. The molecule has 2 heteroatoms. The van der Waals surface area contributed by atoms with Gasteiger partial charge in [-0.25, -0.2) is 0 Å². The van der Waals surface area contributed by atoms with Crippen LogP contribution >= 0.6 is 0 Å². The zero-order chi connectivity index (χ0) is 11.6. The number of hydrogen-bond acceptors (Lipinski definition) is 1. The van der Waals surface area contributed by atoms with Crippen molar-refractivity contribution in [3.05, 3.63) is 11.6 Å². The summed E-state index contributed by atoms with van der Waals surface area (Å²) in [5.41, 5.74) is 2.18. The van der Waals surface area contributed by atoms with Gasteiger partial charge in [0.05, 0.1) is 0 Å². The van der Waals surface area contributed by atoms with E-state index in [1.165, 1.54) is 32.1 Å². The minimum absolute atomic E-state index is 0.310. The minimum atomic E-state index is -0.673. The average Bonchev–Trinajstić information content (AvgIpc) is 2.66. The lowest BCUT2D eigenvalue weighted by Crippen LogP contribution is -2.13. The first kappa shape index (κ1) is 11.7.